The SMILES string of the molecule is COC(=O)C=Cc1ccc2c(c1)C(=O)CC1(CCN(c3ccccc3)CC1)O2. The maximum atomic E-state index is 12.8. The van der Waals surface area contributed by atoms with Gasteiger partial charge in [0.2, 0.25) is 0 Å². The maximum Gasteiger partial charge on any atom is 0.330 e. The smallest absolute Gasteiger partial charge is 0.330 e. The Kier molecular flexibility index (Phi) is 4.90. The Bertz CT molecular complexity index is 911. The Morgan fingerprint density at radius 3 is 2.61 bits per heavy atom. The second-order valence-electron chi connectivity index (χ2n) is 7.32. The van der Waals surface area contributed by atoms with Crippen molar-refractivity contribution in [1.29, 1.82) is 0 Å². The molecule has 0 bridgehead atoms. The second kappa shape index (κ2) is 7.50. The molecule has 4 rings (SSSR count). The number of ketones is 1. The van der Waals surface area contributed by atoms with Gasteiger partial charge in [0.25, 0.3) is 0 Å². The average molecular weight is 377 g/mol. The van der Waals surface area contributed by atoms with Crippen LogP contribution < -0.4 is 9.64 Å². The van der Waals surface area contributed by atoms with Crippen molar-refractivity contribution >= 4 is 23.5 Å². The average Bonchev–Trinajstić information content (AvgIpc) is 2.73. The topological polar surface area (TPSA) is 55.8 Å². The van der Waals surface area contributed by atoms with E-state index in [1.807, 2.05) is 30.3 Å². The molecule has 5 heteroatoms. The fourth-order valence-electron chi connectivity index (χ4n) is 3.94. The maximum absolute atomic E-state index is 12.8. The van der Waals surface area contributed by atoms with Gasteiger partial charge in [-0.3, -0.25) is 4.79 Å². The highest BCUT2D eigenvalue weighted by Crippen LogP contribution is 2.40. The van der Waals surface area contributed by atoms with Crippen molar-refractivity contribution in [2.24, 2.45) is 0 Å². The number of hydrogen-bond donors (Lipinski definition) is 0. The summed E-state index contributed by atoms with van der Waals surface area (Å²) in [5.74, 6) is 0.312. The van der Waals surface area contributed by atoms with E-state index in [2.05, 4.69) is 21.8 Å². The van der Waals surface area contributed by atoms with Crippen LogP contribution in [0, 0.1) is 0 Å². The van der Waals surface area contributed by atoms with Gasteiger partial charge in [0.15, 0.2) is 5.78 Å². The molecule has 2 heterocycles. The van der Waals surface area contributed by atoms with Crippen LogP contribution in [0.15, 0.2) is 54.6 Å². The number of carbonyl (C=O) groups excluding carboxylic acids is 2. The van der Waals surface area contributed by atoms with Crippen molar-refractivity contribution in [3.63, 3.8) is 0 Å². The summed E-state index contributed by atoms with van der Waals surface area (Å²) < 4.78 is 11.0. The molecular weight excluding hydrogens is 354 g/mol. The molecular formula is C23H23NO4. The molecule has 1 fully saturated rings. The number of ether oxygens (including phenoxy) is 2. The second-order valence-corrected chi connectivity index (χ2v) is 7.32. The van der Waals surface area contributed by atoms with E-state index in [0.29, 0.717) is 17.7 Å². The highest BCUT2D eigenvalue weighted by molar-refractivity contribution is 6.01. The number of esters is 1. The van der Waals surface area contributed by atoms with Gasteiger partial charge in [-0.25, -0.2) is 4.79 Å². The van der Waals surface area contributed by atoms with Crippen molar-refractivity contribution in [1.82, 2.24) is 0 Å². The van der Waals surface area contributed by atoms with E-state index in [1.165, 1.54) is 18.9 Å². The summed E-state index contributed by atoms with van der Waals surface area (Å²) in [7, 11) is 1.33. The van der Waals surface area contributed by atoms with Gasteiger partial charge in [0, 0.05) is 37.7 Å². The number of methoxy groups -OCH3 is 1. The van der Waals surface area contributed by atoms with Crippen molar-refractivity contribution in [2.45, 2.75) is 24.9 Å². The molecule has 28 heavy (non-hydrogen) atoms. The van der Waals surface area contributed by atoms with E-state index in [-0.39, 0.29) is 5.78 Å². The zero-order valence-electron chi connectivity index (χ0n) is 15.9. The molecule has 1 spiro atoms. The largest absolute Gasteiger partial charge is 0.486 e. The minimum absolute atomic E-state index is 0.0997. The van der Waals surface area contributed by atoms with Crippen LogP contribution in [0.3, 0.4) is 0 Å². The van der Waals surface area contributed by atoms with Crippen molar-refractivity contribution in [3.8, 4) is 5.75 Å². The number of carbonyl (C=O) groups is 2. The third-order valence-corrected chi connectivity index (χ3v) is 5.52. The molecule has 5 nitrogen and oxygen atoms in total. The summed E-state index contributed by atoms with van der Waals surface area (Å²) in [6.45, 7) is 1.74. The molecule has 0 aromatic heterocycles. The Hall–Kier alpha value is -3.08. The highest BCUT2D eigenvalue weighted by Gasteiger charge is 2.43. The highest BCUT2D eigenvalue weighted by atomic mass is 16.5. The lowest BCUT2D eigenvalue weighted by Gasteiger charge is -2.44. The zero-order valence-corrected chi connectivity index (χ0v) is 15.9. The standard InChI is InChI=1S/C23H23NO4/c1-27-22(26)10-8-17-7-9-21-19(15-17)20(25)16-23(28-21)11-13-24(14-12-23)18-5-3-2-4-6-18/h2-10,15H,11-14,16H2,1H3. The summed E-state index contributed by atoms with van der Waals surface area (Å²) >= 11 is 0. The van der Waals surface area contributed by atoms with Gasteiger partial charge in [-0.05, 0) is 35.9 Å². The van der Waals surface area contributed by atoms with Crippen molar-refractivity contribution in [3.05, 3.63) is 65.7 Å². The lowest BCUT2D eigenvalue weighted by molar-refractivity contribution is -0.134. The molecule has 0 saturated carbocycles. The van der Waals surface area contributed by atoms with Gasteiger partial charge in [0.05, 0.1) is 19.1 Å². The van der Waals surface area contributed by atoms with Gasteiger partial charge >= 0.3 is 5.97 Å². The molecule has 2 aromatic carbocycles. The van der Waals surface area contributed by atoms with E-state index in [4.69, 9.17) is 4.74 Å². The fourth-order valence-corrected chi connectivity index (χ4v) is 3.94. The summed E-state index contributed by atoms with van der Waals surface area (Å²) in [6, 6.07) is 15.8. The van der Waals surface area contributed by atoms with E-state index in [1.54, 1.807) is 12.1 Å². The predicted molar refractivity (Wildman–Crippen MR) is 108 cm³/mol. The monoisotopic (exact) mass is 377 g/mol. The lowest BCUT2D eigenvalue weighted by Crippen LogP contribution is -2.51. The van der Waals surface area contributed by atoms with Gasteiger partial charge in [-0.15, -0.1) is 0 Å². The number of rotatable bonds is 3. The molecule has 2 aliphatic rings. The van der Waals surface area contributed by atoms with Crippen molar-refractivity contribution < 1.29 is 19.1 Å². The summed E-state index contributed by atoms with van der Waals surface area (Å²) in [4.78, 5) is 26.5. The minimum atomic E-state index is -0.426. The van der Waals surface area contributed by atoms with Crippen molar-refractivity contribution in [2.75, 3.05) is 25.1 Å². The predicted octanol–water partition coefficient (Wildman–Crippen LogP) is 3.88. The number of piperidine rings is 1. The van der Waals surface area contributed by atoms with E-state index < -0.39 is 11.6 Å². The molecule has 0 amide bonds. The first-order valence-corrected chi connectivity index (χ1v) is 9.51. The Labute approximate surface area is 164 Å². The van der Waals surface area contributed by atoms with Gasteiger partial charge < -0.3 is 14.4 Å². The van der Waals surface area contributed by atoms with Crippen LogP contribution in [0.5, 0.6) is 5.75 Å². The van der Waals surface area contributed by atoms with Crippen LogP contribution in [0.25, 0.3) is 6.08 Å². The molecule has 0 aliphatic carbocycles. The molecule has 2 aliphatic heterocycles. The number of hydrogen-bond acceptors (Lipinski definition) is 5. The molecule has 0 unspecified atom stereocenters. The Morgan fingerprint density at radius 1 is 1.14 bits per heavy atom. The number of benzene rings is 2. The quantitative estimate of drug-likeness (QED) is 0.600. The fraction of sp³-hybridized carbons (Fsp3) is 0.304. The van der Waals surface area contributed by atoms with E-state index in [9.17, 15) is 9.59 Å². The first-order chi connectivity index (χ1) is 13.6. The summed E-state index contributed by atoms with van der Waals surface area (Å²) in [5.41, 5.74) is 2.15. The first-order valence-electron chi connectivity index (χ1n) is 9.51. The third kappa shape index (κ3) is 3.65. The number of fused-ring (bicyclic) bond motifs is 1. The first kappa shape index (κ1) is 18.3. The minimum Gasteiger partial charge on any atom is -0.486 e. The molecule has 0 N–H and O–H groups in total. The van der Waals surface area contributed by atoms with Gasteiger partial charge in [0.1, 0.15) is 11.4 Å². The van der Waals surface area contributed by atoms with Gasteiger partial charge in [-0.2, -0.15) is 0 Å². The van der Waals surface area contributed by atoms with Crippen LogP contribution in [-0.2, 0) is 9.53 Å². The number of anilines is 1. The van der Waals surface area contributed by atoms with Crippen LogP contribution >= 0.6 is 0 Å². The molecule has 0 atom stereocenters. The van der Waals surface area contributed by atoms with Crippen LogP contribution in [0.4, 0.5) is 5.69 Å². The number of nitrogens with zero attached hydrogens (tertiary/aromatic N) is 1. The molecule has 1 saturated heterocycles. The zero-order chi connectivity index (χ0) is 19.6. The van der Waals surface area contributed by atoms with E-state index in [0.717, 1.165) is 31.5 Å². The van der Waals surface area contributed by atoms with Crippen LogP contribution in [-0.4, -0.2) is 37.6 Å². The molecule has 144 valence electrons. The van der Waals surface area contributed by atoms with Crippen LogP contribution in [0.1, 0.15) is 35.2 Å². The number of Topliss-reactive ketones (excluding diaryl/α,β-unsaturated/α-hetero) is 1. The van der Waals surface area contributed by atoms with E-state index >= 15 is 0 Å². The number of para-hydroxylation sites is 1. The Balaban J connectivity index is 1.49. The van der Waals surface area contributed by atoms with Gasteiger partial charge in [-0.1, -0.05) is 24.3 Å². The molecule has 2 aromatic rings. The summed E-state index contributed by atoms with van der Waals surface area (Å²) in [6.07, 6.45) is 5.01. The summed E-state index contributed by atoms with van der Waals surface area (Å²) in [5, 5.41) is 0. The van der Waals surface area contributed by atoms with Crippen LogP contribution in [0.2, 0.25) is 0 Å². The third-order valence-electron chi connectivity index (χ3n) is 5.52. The Morgan fingerprint density at radius 2 is 1.89 bits per heavy atom. The molecule has 0 radical (unpaired) electrons. The normalized spacial score (nSPS) is 18.0. The lowest BCUT2D eigenvalue weighted by atomic mass is 9.82.